The van der Waals surface area contributed by atoms with E-state index in [1.54, 1.807) is 0 Å². The molecule has 2 aromatic rings. The Kier molecular flexibility index (Phi) is 6.24. The van der Waals surface area contributed by atoms with Crippen LogP contribution in [0.4, 0.5) is 0 Å². The number of rotatable bonds is 9. The summed E-state index contributed by atoms with van der Waals surface area (Å²) in [4.78, 5) is 12.1. The Labute approximate surface area is 150 Å². The molecule has 1 aliphatic rings. The molecule has 3 heteroatoms. The van der Waals surface area contributed by atoms with Crippen LogP contribution in [0, 0.1) is 0 Å². The van der Waals surface area contributed by atoms with E-state index in [2.05, 4.69) is 48.5 Å². The van der Waals surface area contributed by atoms with Crippen molar-refractivity contribution in [2.45, 2.75) is 44.4 Å². The van der Waals surface area contributed by atoms with Crippen molar-refractivity contribution >= 4 is 5.97 Å². The zero-order valence-corrected chi connectivity index (χ0v) is 14.7. The molecule has 2 N–H and O–H groups in total. The number of ether oxygens (including phenoxy) is 1. The number of fused-ring (bicyclic) bond motifs is 3. The van der Waals surface area contributed by atoms with Gasteiger partial charge < -0.3 is 10.5 Å². The maximum Gasteiger partial charge on any atom is 0.305 e. The zero-order valence-electron chi connectivity index (χ0n) is 14.7. The average molecular weight is 337 g/mol. The molecule has 0 fully saturated rings. The first-order chi connectivity index (χ1) is 12.3. The summed E-state index contributed by atoms with van der Waals surface area (Å²) >= 11 is 0. The normalized spacial score (nSPS) is 12.7. The highest BCUT2D eigenvalue weighted by Gasteiger charge is 2.28. The van der Waals surface area contributed by atoms with Crippen LogP contribution in [-0.4, -0.2) is 19.1 Å². The van der Waals surface area contributed by atoms with Gasteiger partial charge in [-0.25, -0.2) is 0 Å². The van der Waals surface area contributed by atoms with Gasteiger partial charge >= 0.3 is 5.97 Å². The Morgan fingerprint density at radius 2 is 1.40 bits per heavy atom. The number of carbonyl (C=O) groups is 1. The van der Waals surface area contributed by atoms with Gasteiger partial charge in [0.05, 0.1) is 0 Å². The van der Waals surface area contributed by atoms with Gasteiger partial charge in [0.25, 0.3) is 0 Å². The Balaban J connectivity index is 1.52. The Morgan fingerprint density at radius 1 is 0.840 bits per heavy atom. The van der Waals surface area contributed by atoms with Gasteiger partial charge in [-0.1, -0.05) is 67.8 Å². The van der Waals surface area contributed by atoms with Crippen LogP contribution in [0.15, 0.2) is 48.5 Å². The summed E-state index contributed by atoms with van der Waals surface area (Å²) in [5.74, 6) is 0.0709. The van der Waals surface area contributed by atoms with Crippen LogP contribution < -0.4 is 5.73 Å². The molecule has 1 aliphatic carbocycles. The minimum absolute atomic E-state index is 0.0827. The molecule has 0 aromatic heterocycles. The van der Waals surface area contributed by atoms with Crippen molar-refractivity contribution < 1.29 is 9.53 Å². The van der Waals surface area contributed by atoms with E-state index < -0.39 is 0 Å². The predicted octanol–water partition coefficient (Wildman–Crippen LogP) is 4.64. The van der Waals surface area contributed by atoms with Crippen molar-refractivity contribution in [3.05, 3.63) is 59.7 Å². The summed E-state index contributed by atoms with van der Waals surface area (Å²) in [6.07, 6.45) is 5.87. The molecular weight excluding hydrogens is 310 g/mol. The van der Waals surface area contributed by atoms with Gasteiger partial charge in [0.2, 0.25) is 0 Å². The van der Waals surface area contributed by atoms with Crippen molar-refractivity contribution in [2.24, 2.45) is 5.73 Å². The van der Waals surface area contributed by atoms with Gasteiger partial charge in [-0.2, -0.15) is 0 Å². The fourth-order valence-electron chi connectivity index (χ4n) is 3.63. The Morgan fingerprint density at radius 3 is 2.04 bits per heavy atom. The van der Waals surface area contributed by atoms with Gasteiger partial charge in [-0.05, 0) is 41.6 Å². The summed E-state index contributed by atoms with van der Waals surface area (Å²) in [5.41, 5.74) is 10.5. The van der Waals surface area contributed by atoms with Gasteiger partial charge in [-0.15, -0.1) is 0 Å². The third-order valence-corrected chi connectivity index (χ3v) is 4.96. The number of hydrogen-bond donors (Lipinski definition) is 1. The lowest BCUT2D eigenvalue weighted by atomic mass is 9.98. The molecule has 0 saturated heterocycles. The number of esters is 1. The second-order valence-corrected chi connectivity index (χ2v) is 6.72. The van der Waals surface area contributed by atoms with Crippen molar-refractivity contribution in [3.63, 3.8) is 0 Å². The van der Waals surface area contributed by atoms with Crippen LogP contribution in [0.3, 0.4) is 0 Å². The lowest BCUT2D eigenvalue weighted by Gasteiger charge is -2.14. The fraction of sp³-hybridized carbons (Fsp3) is 0.409. The minimum atomic E-state index is -0.0827. The van der Waals surface area contributed by atoms with Crippen LogP contribution in [0.5, 0.6) is 0 Å². The number of hydrogen-bond acceptors (Lipinski definition) is 3. The van der Waals surface area contributed by atoms with Crippen molar-refractivity contribution in [3.8, 4) is 11.1 Å². The first-order valence-electron chi connectivity index (χ1n) is 9.35. The fourth-order valence-corrected chi connectivity index (χ4v) is 3.63. The first kappa shape index (κ1) is 17.7. The van der Waals surface area contributed by atoms with Crippen molar-refractivity contribution in [1.82, 2.24) is 0 Å². The molecule has 25 heavy (non-hydrogen) atoms. The van der Waals surface area contributed by atoms with E-state index in [0.717, 1.165) is 38.6 Å². The number of unbranched alkanes of at least 4 members (excludes halogenated alkanes) is 4. The average Bonchev–Trinajstić information content (AvgIpc) is 2.97. The monoisotopic (exact) mass is 337 g/mol. The molecule has 2 aromatic carbocycles. The molecule has 0 radical (unpaired) electrons. The molecule has 0 atom stereocenters. The predicted molar refractivity (Wildman–Crippen MR) is 101 cm³/mol. The summed E-state index contributed by atoms with van der Waals surface area (Å²) in [6, 6.07) is 16.8. The number of nitrogens with two attached hydrogens (primary N) is 1. The van der Waals surface area contributed by atoms with Crippen LogP contribution in [0.2, 0.25) is 0 Å². The van der Waals surface area contributed by atoms with Crippen molar-refractivity contribution in [1.29, 1.82) is 0 Å². The van der Waals surface area contributed by atoms with E-state index in [-0.39, 0.29) is 11.9 Å². The number of benzene rings is 2. The molecule has 0 bridgehead atoms. The van der Waals surface area contributed by atoms with Gasteiger partial charge in [-0.3, -0.25) is 4.79 Å². The highest BCUT2D eigenvalue weighted by Crippen LogP contribution is 2.44. The maximum absolute atomic E-state index is 12.1. The first-order valence-corrected chi connectivity index (χ1v) is 9.35. The SMILES string of the molecule is NCCCCCCCC(=O)OCC1c2ccccc2-c2ccccc21. The number of carbonyl (C=O) groups excluding carboxylic acids is 1. The van der Waals surface area contributed by atoms with Gasteiger partial charge in [0.15, 0.2) is 0 Å². The van der Waals surface area contributed by atoms with Crippen LogP contribution in [0.25, 0.3) is 11.1 Å². The third kappa shape index (κ3) is 4.29. The molecule has 0 heterocycles. The largest absolute Gasteiger partial charge is 0.465 e. The topological polar surface area (TPSA) is 52.3 Å². The van der Waals surface area contributed by atoms with Crippen LogP contribution in [-0.2, 0) is 9.53 Å². The summed E-state index contributed by atoms with van der Waals surface area (Å²) < 4.78 is 5.61. The third-order valence-electron chi connectivity index (χ3n) is 4.96. The molecule has 0 amide bonds. The highest BCUT2D eigenvalue weighted by molar-refractivity contribution is 5.79. The Hall–Kier alpha value is -2.13. The molecule has 3 rings (SSSR count). The summed E-state index contributed by atoms with van der Waals surface area (Å²) in [6.45, 7) is 1.19. The highest BCUT2D eigenvalue weighted by atomic mass is 16.5. The molecule has 3 nitrogen and oxygen atoms in total. The molecule has 0 aliphatic heterocycles. The molecule has 0 spiro atoms. The van der Waals surface area contributed by atoms with E-state index in [9.17, 15) is 4.79 Å². The second-order valence-electron chi connectivity index (χ2n) is 6.72. The van der Waals surface area contributed by atoms with E-state index in [1.807, 2.05) is 0 Å². The Bertz CT molecular complexity index is 665. The van der Waals surface area contributed by atoms with Gasteiger partial charge in [0, 0.05) is 12.3 Å². The lowest BCUT2D eigenvalue weighted by molar-refractivity contribution is -0.144. The van der Waals surface area contributed by atoms with E-state index in [0.29, 0.717) is 13.0 Å². The zero-order chi connectivity index (χ0) is 17.5. The minimum Gasteiger partial charge on any atom is -0.465 e. The van der Waals surface area contributed by atoms with E-state index >= 15 is 0 Å². The van der Waals surface area contributed by atoms with E-state index in [1.165, 1.54) is 22.3 Å². The van der Waals surface area contributed by atoms with E-state index in [4.69, 9.17) is 10.5 Å². The molecule has 0 saturated carbocycles. The molecular formula is C22H27NO2. The molecule has 132 valence electrons. The quantitative estimate of drug-likeness (QED) is 0.535. The standard InChI is InChI=1S/C22H27NO2/c23-15-9-3-1-2-4-14-22(24)25-16-21-19-12-7-5-10-17(19)18-11-6-8-13-20(18)21/h5-8,10-13,21H,1-4,9,14-16,23H2. The van der Waals surface area contributed by atoms with Crippen LogP contribution in [0.1, 0.15) is 55.6 Å². The van der Waals surface area contributed by atoms with Crippen LogP contribution >= 0.6 is 0 Å². The second kappa shape index (κ2) is 8.82. The maximum atomic E-state index is 12.1. The summed E-state index contributed by atoms with van der Waals surface area (Å²) in [5, 5.41) is 0. The molecule has 0 unspecified atom stereocenters. The lowest BCUT2D eigenvalue weighted by Crippen LogP contribution is -2.12. The smallest absolute Gasteiger partial charge is 0.305 e. The van der Waals surface area contributed by atoms with Gasteiger partial charge in [0.1, 0.15) is 6.61 Å². The summed E-state index contributed by atoms with van der Waals surface area (Å²) in [7, 11) is 0. The van der Waals surface area contributed by atoms with Crippen molar-refractivity contribution in [2.75, 3.05) is 13.2 Å².